The van der Waals surface area contributed by atoms with Gasteiger partial charge in [0.05, 0.1) is 6.42 Å². The molecule has 6 heteroatoms. The average molecular weight is 362 g/mol. The first kappa shape index (κ1) is 17.3. The highest BCUT2D eigenvalue weighted by molar-refractivity contribution is 5.96. The molecule has 2 heterocycles. The van der Waals surface area contributed by atoms with Gasteiger partial charge in [-0.2, -0.15) is 0 Å². The normalized spacial score (nSPS) is 13.5. The van der Waals surface area contributed by atoms with Crippen molar-refractivity contribution in [3.05, 3.63) is 48.2 Å². The minimum atomic E-state index is 0.0236. The fraction of sp³-hybridized carbons (Fsp3) is 0.286. The number of anilines is 1. The summed E-state index contributed by atoms with van der Waals surface area (Å²) in [7, 11) is 0. The topological polar surface area (TPSA) is 78.1 Å². The number of pyridine rings is 1. The molecule has 0 saturated heterocycles. The van der Waals surface area contributed by atoms with Gasteiger partial charge in [0.1, 0.15) is 11.5 Å². The second-order valence-corrected chi connectivity index (χ2v) is 6.84. The zero-order valence-corrected chi connectivity index (χ0v) is 15.2. The number of hydrogen-bond acceptors (Lipinski definition) is 3. The Balaban J connectivity index is 1.69. The SMILES string of the molecule is CCNC(=O)Cc1ccc(-c2cc(N(C=O)C3CC3)nc3[nH]ccc23)cc1. The first-order valence-electron chi connectivity index (χ1n) is 9.27. The lowest BCUT2D eigenvalue weighted by Gasteiger charge is -2.17. The Morgan fingerprint density at radius 1 is 1.30 bits per heavy atom. The van der Waals surface area contributed by atoms with Gasteiger partial charge in [0.15, 0.2) is 0 Å². The third kappa shape index (κ3) is 3.56. The van der Waals surface area contributed by atoms with Crippen molar-refractivity contribution in [3.8, 4) is 11.1 Å². The summed E-state index contributed by atoms with van der Waals surface area (Å²) >= 11 is 0. The van der Waals surface area contributed by atoms with Gasteiger partial charge in [-0.3, -0.25) is 14.5 Å². The van der Waals surface area contributed by atoms with Crippen LogP contribution in [0.4, 0.5) is 5.82 Å². The molecular weight excluding hydrogens is 340 g/mol. The number of benzene rings is 1. The Hall–Kier alpha value is -3.15. The molecule has 2 aromatic heterocycles. The number of H-pyrrole nitrogens is 1. The van der Waals surface area contributed by atoms with E-state index in [4.69, 9.17) is 0 Å². The third-order valence-corrected chi connectivity index (χ3v) is 4.84. The zero-order chi connectivity index (χ0) is 18.8. The van der Waals surface area contributed by atoms with Crippen LogP contribution in [0.2, 0.25) is 0 Å². The Bertz CT molecular complexity index is 974. The van der Waals surface area contributed by atoms with Gasteiger partial charge in [-0.15, -0.1) is 0 Å². The Morgan fingerprint density at radius 2 is 2.07 bits per heavy atom. The van der Waals surface area contributed by atoms with Crippen LogP contribution >= 0.6 is 0 Å². The van der Waals surface area contributed by atoms with Crippen molar-refractivity contribution < 1.29 is 9.59 Å². The fourth-order valence-electron chi connectivity index (χ4n) is 3.32. The van der Waals surface area contributed by atoms with E-state index < -0.39 is 0 Å². The number of rotatable bonds is 7. The molecule has 27 heavy (non-hydrogen) atoms. The van der Waals surface area contributed by atoms with Gasteiger partial charge in [-0.05, 0) is 48.6 Å². The number of carbonyl (C=O) groups excluding carboxylic acids is 2. The number of carbonyl (C=O) groups is 2. The number of hydrogen-bond donors (Lipinski definition) is 2. The van der Waals surface area contributed by atoms with Crippen LogP contribution in [-0.2, 0) is 16.0 Å². The highest BCUT2D eigenvalue weighted by Crippen LogP contribution is 2.35. The van der Waals surface area contributed by atoms with E-state index in [0.717, 1.165) is 47.0 Å². The molecular formula is C21H22N4O2. The molecule has 4 rings (SSSR count). The van der Waals surface area contributed by atoms with Crippen molar-refractivity contribution >= 4 is 29.2 Å². The molecule has 0 atom stereocenters. The number of aromatic amines is 1. The van der Waals surface area contributed by atoms with Crippen LogP contribution in [0.15, 0.2) is 42.6 Å². The van der Waals surface area contributed by atoms with E-state index in [2.05, 4.69) is 15.3 Å². The first-order valence-corrected chi connectivity index (χ1v) is 9.27. The van der Waals surface area contributed by atoms with Crippen molar-refractivity contribution in [2.45, 2.75) is 32.2 Å². The maximum Gasteiger partial charge on any atom is 0.224 e. The van der Waals surface area contributed by atoms with Crippen LogP contribution < -0.4 is 10.2 Å². The molecule has 0 radical (unpaired) electrons. The largest absolute Gasteiger partial charge is 0.356 e. The van der Waals surface area contributed by atoms with Gasteiger partial charge >= 0.3 is 0 Å². The molecule has 3 aromatic rings. The Morgan fingerprint density at radius 3 is 2.74 bits per heavy atom. The molecule has 1 aliphatic rings. The molecule has 1 aromatic carbocycles. The summed E-state index contributed by atoms with van der Waals surface area (Å²) in [6.07, 6.45) is 5.14. The van der Waals surface area contributed by atoms with E-state index in [1.807, 2.05) is 49.5 Å². The molecule has 1 saturated carbocycles. The van der Waals surface area contributed by atoms with Crippen LogP contribution in [0.25, 0.3) is 22.2 Å². The lowest BCUT2D eigenvalue weighted by Crippen LogP contribution is -2.24. The molecule has 0 spiro atoms. The minimum Gasteiger partial charge on any atom is -0.356 e. The minimum absolute atomic E-state index is 0.0236. The summed E-state index contributed by atoms with van der Waals surface area (Å²) in [6.45, 7) is 2.55. The van der Waals surface area contributed by atoms with Gasteiger partial charge in [-0.25, -0.2) is 4.98 Å². The molecule has 0 unspecified atom stereocenters. The second-order valence-electron chi connectivity index (χ2n) is 6.84. The van der Waals surface area contributed by atoms with Crippen molar-refractivity contribution in [1.29, 1.82) is 0 Å². The highest BCUT2D eigenvalue weighted by atomic mass is 16.1. The number of nitrogens with zero attached hydrogens (tertiary/aromatic N) is 2. The second kappa shape index (κ2) is 7.23. The lowest BCUT2D eigenvalue weighted by atomic mass is 10.0. The van der Waals surface area contributed by atoms with Gasteiger partial charge in [-0.1, -0.05) is 24.3 Å². The van der Waals surface area contributed by atoms with Crippen molar-refractivity contribution in [2.24, 2.45) is 0 Å². The fourth-order valence-corrected chi connectivity index (χ4v) is 3.32. The van der Waals surface area contributed by atoms with Gasteiger partial charge in [0.2, 0.25) is 12.3 Å². The molecule has 0 bridgehead atoms. The Labute approximate surface area is 157 Å². The van der Waals surface area contributed by atoms with Crippen LogP contribution in [0, 0.1) is 0 Å². The number of aromatic nitrogens is 2. The van der Waals surface area contributed by atoms with E-state index in [0.29, 0.717) is 18.8 Å². The summed E-state index contributed by atoms with van der Waals surface area (Å²) < 4.78 is 0. The third-order valence-electron chi connectivity index (χ3n) is 4.84. The maximum atomic E-state index is 11.8. The van der Waals surface area contributed by atoms with E-state index in [-0.39, 0.29) is 11.9 Å². The molecule has 2 N–H and O–H groups in total. The smallest absolute Gasteiger partial charge is 0.224 e. The lowest BCUT2D eigenvalue weighted by molar-refractivity contribution is -0.120. The van der Waals surface area contributed by atoms with E-state index in [9.17, 15) is 9.59 Å². The van der Waals surface area contributed by atoms with Crippen LogP contribution in [0.5, 0.6) is 0 Å². The summed E-state index contributed by atoms with van der Waals surface area (Å²) in [4.78, 5) is 32.8. The number of fused-ring (bicyclic) bond motifs is 1. The molecule has 6 nitrogen and oxygen atoms in total. The maximum absolute atomic E-state index is 11.8. The predicted molar refractivity (Wildman–Crippen MR) is 105 cm³/mol. The average Bonchev–Trinajstić information content (AvgIpc) is 3.38. The van der Waals surface area contributed by atoms with Crippen LogP contribution in [0.3, 0.4) is 0 Å². The zero-order valence-electron chi connectivity index (χ0n) is 15.2. The van der Waals surface area contributed by atoms with Crippen molar-refractivity contribution in [3.63, 3.8) is 0 Å². The van der Waals surface area contributed by atoms with Crippen molar-refractivity contribution in [1.82, 2.24) is 15.3 Å². The summed E-state index contributed by atoms with van der Waals surface area (Å²) in [6, 6.07) is 12.2. The van der Waals surface area contributed by atoms with E-state index in [1.165, 1.54) is 0 Å². The van der Waals surface area contributed by atoms with Crippen LogP contribution in [-0.4, -0.2) is 34.9 Å². The quantitative estimate of drug-likeness (QED) is 0.634. The number of nitrogens with one attached hydrogen (secondary N) is 2. The molecule has 0 aliphatic heterocycles. The van der Waals surface area contributed by atoms with Gasteiger partial charge < -0.3 is 10.3 Å². The Kier molecular flexibility index (Phi) is 4.62. The monoisotopic (exact) mass is 362 g/mol. The summed E-state index contributed by atoms with van der Waals surface area (Å²) in [5, 5.41) is 3.82. The van der Waals surface area contributed by atoms with Gasteiger partial charge in [0, 0.05) is 24.2 Å². The van der Waals surface area contributed by atoms with E-state index >= 15 is 0 Å². The first-order chi connectivity index (χ1) is 13.2. The molecule has 1 fully saturated rings. The molecule has 138 valence electrons. The predicted octanol–water partition coefficient (Wildman–Crippen LogP) is 3.03. The number of amides is 2. The van der Waals surface area contributed by atoms with Gasteiger partial charge in [0.25, 0.3) is 0 Å². The standard InChI is InChI=1S/C21H22N4O2/c1-2-22-20(27)11-14-3-5-15(6-4-14)18-12-19(25(13-26)16-7-8-16)24-21-17(18)9-10-23-21/h3-6,9-10,12-13,16H,2,7-8,11H2,1H3,(H,22,27)(H,23,24). The summed E-state index contributed by atoms with van der Waals surface area (Å²) in [5.74, 6) is 0.694. The number of likely N-dealkylation sites (N-methyl/N-ethyl adjacent to an activating group) is 1. The molecule has 1 aliphatic carbocycles. The highest BCUT2D eigenvalue weighted by Gasteiger charge is 2.30. The molecule has 2 amide bonds. The van der Waals surface area contributed by atoms with Crippen molar-refractivity contribution in [2.75, 3.05) is 11.4 Å². The van der Waals surface area contributed by atoms with E-state index in [1.54, 1.807) is 4.90 Å². The van der Waals surface area contributed by atoms with Crippen LogP contribution in [0.1, 0.15) is 25.3 Å². The summed E-state index contributed by atoms with van der Waals surface area (Å²) in [5.41, 5.74) is 3.79.